The quantitative estimate of drug-likeness (QED) is 0.0321. The first-order chi connectivity index (χ1) is 31.5. The molecule has 0 aromatic heterocycles. The summed E-state index contributed by atoms with van der Waals surface area (Å²) in [6.45, 7) is 4.94. The van der Waals surface area contributed by atoms with Crippen LogP contribution in [0, 0.1) is 0 Å². The number of hydrogen-bond acceptors (Lipinski definition) is 5. The maximum atomic E-state index is 12.5. The second kappa shape index (κ2) is 54.2. The van der Waals surface area contributed by atoms with Crippen LogP contribution >= 0.6 is 0 Å². The highest BCUT2D eigenvalue weighted by molar-refractivity contribution is 5.76. The Labute approximate surface area is 399 Å². The van der Waals surface area contributed by atoms with Crippen molar-refractivity contribution < 1.29 is 24.5 Å². The number of carbonyl (C=O) groups excluding carboxylic acids is 2. The van der Waals surface area contributed by atoms with Gasteiger partial charge in [0.25, 0.3) is 0 Å². The van der Waals surface area contributed by atoms with E-state index in [1.807, 2.05) is 0 Å². The van der Waals surface area contributed by atoms with Crippen LogP contribution in [0.1, 0.15) is 322 Å². The molecule has 0 aromatic carbocycles. The Hall–Kier alpha value is -1.40. The van der Waals surface area contributed by atoms with E-state index in [4.69, 9.17) is 4.74 Å². The lowest BCUT2D eigenvalue weighted by molar-refractivity contribution is -0.143. The van der Waals surface area contributed by atoms with Gasteiger partial charge in [0, 0.05) is 12.8 Å². The van der Waals surface area contributed by atoms with Crippen LogP contribution in [-0.2, 0) is 14.3 Å². The first-order valence-corrected chi connectivity index (χ1v) is 28.9. The van der Waals surface area contributed by atoms with Crippen LogP contribution in [-0.4, -0.2) is 47.4 Å². The molecular formula is C58H113NO5. The molecule has 380 valence electrons. The van der Waals surface area contributed by atoms with Crippen molar-refractivity contribution in [3.8, 4) is 0 Å². The topological polar surface area (TPSA) is 95.9 Å². The number of rotatable bonds is 54. The zero-order valence-electron chi connectivity index (χ0n) is 43.3. The average molecular weight is 905 g/mol. The summed E-state index contributed by atoms with van der Waals surface area (Å²) >= 11 is 0. The molecule has 0 aliphatic heterocycles. The molecule has 0 radical (unpaired) electrons. The van der Waals surface area contributed by atoms with Gasteiger partial charge in [-0.25, -0.2) is 0 Å². The van der Waals surface area contributed by atoms with Crippen molar-refractivity contribution >= 4 is 11.9 Å². The third-order valence-corrected chi connectivity index (χ3v) is 13.6. The van der Waals surface area contributed by atoms with Crippen molar-refractivity contribution in [3.63, 3.8) is 0 Å². The van der Waals surface area contributed by atoms with Crippen LogP contribution in [0.4, 0.5) is 0 Å². The van der Waals surface area contributed by atoms with E-state index in [2.05, 4.69) is 31.3 Å². The Morgan fingerprint density at radius 3 is 1.11 bits per heavy atom. The van der Waals surface area contributed by atoms with Crippen LogP contribution in [0.2, 0.25) is 0 Å². The summed E-state index contributed by atoms with van der Waals surface area (Å²) in [7, 11) is 0. The standard InChI is InChI=1S/C58H113NO5/c1-3-5-7-9-11-13-15-17-18-19-20-21-22-24-27-30-34-38-42-46-50-56(61)55(54-60)59-57(62)51-47-43-39-35-31-28-25-23-26-29-33-37-41-45-49-53-64-58(63)52-48-44-40-36-32-16-14-12-10-8-6-4-2/h26,29,55-56,60-61H,3-25,27-28,30-54H2,1-2H3,(H,59,62)/b29-26-. The Morgan fingerprint density at radius 1 is 0.422 bits per heavy atom. The molecule has 0 bridgehead atoms. The van der Waals surface area contributed by atoms with Gasteiger partial charge in [-0.15, -0.1) is 0 Å². The number of aliphatic hydroxyl groups is 2. The van der Waals surface area contributed by atoms with E-state index >= 15 is 0 Å². The van der Waals surface area contributed by atoms with Gasteiger partial charge in [-0.3, -0.25) is 9.59 Å². The highest BCUT2D eigenvalue weighted by Gasteiger charge is 2.20. The van der Waals surface area contributed by atoms with Crippen LogP contribution < -0.4 is 5.32 Å². The molecule has 0 fully saturated rings. The maximum absolute atomic E-state index is 12.5. The Balaban J connectivity index is 3.47. The fourth-order valence-corrected chi connectivity index (χ4v) is 9.11. The summed E-state index contributed by atoms with van der Waals surface area (Å²) in [5.41, 5.74) is 0. The zero-order valence-corrected chi connectivity index (χ0v) is 43.3. The van der Waals surface area contributed by atoms with Gasteiger partial charge in [-0.05, 0) is 51.4 Å². The van der Waals surface area contributed by atoms with Crippen LogP contribution in [0.15, 0.2) is 12.2 Å². The molecule has 3 N–H and O–H groups in total. The Bertz CT molecular complexity index is 955. The summed E-state index contributed by atoms with van der Waals surface area (Å²) in [4.78, 5) is 24.5. The summed E-state index contributed by atoms with van der Waals surface area (Å²) in [5, 5.41) is 23.3. The fourth-order valence-electron chi connectivity index (χ4n) is 9.11. The summed E-state index contributed by atoms with van der Waals surface area (Å²) < 4.78 is 5.45. The largest absolute Gasteiger partial charge is 0.466 e. The molecule has 2 atom stereocenters. The first kappa shape index (κ1) is 62.6. The molecule has 0 aliphatic carbocycles. The number of aliphatic hydroxyl groups excluding tert-OH is 2. The molecule has 0 heterocycles. The molecule has 1 amide bonds. The normalized spacial score (nSPS) is 12.6. The predicted octanol–water partition coefficient (Wildman–Crippen LogP) is 17.7. The Morgan fingerprint density at radius 2 is 0.734 bits per heavy atom. The summed E-state index contributed by atoms with van der Waals surface area (Å²) in [6, 6.07) is -0.552. The molecule has 0 spiro atoms. The number of nitrogens with one attached hydrogen (secondary N) is 1. The lowest BCUT2D eigenvalue weighted by Gasteiger charge is -2.22. The lowest BCUT2D eigenvalue weighted by Crippen LogP contribution is -2.45. The van der Waals surface area contributed by atoms with Gasteiger partial charge in [-0.1, -0.05) is 270 Å². The molecular weight excluding hydrogens is 791 g/mol. The third kappa shape index (κ3) is 50.0. The van der Waals surface area contributed by atoms with E-state index in [0.29, 0.717) is 25.9 Å². The fraction of sp³-hybridized carbons (Fsp3) is 0.931. The van der Waals surface area contributed by atoms with Crippen molar-refractivity contribution in [1.82, 2.24) is 5.32 Å². The minimum Gasteiger partial charge on any atom is -0.466 e. The number of esters is 1. The number of hydrogen-bond donors (Lipinski definition) is 3. The van der Waals surface area contributed by atoms with E-state index in [-0.39, 0.29) is 18.5 Å². The molecule has 0 saturated carbocycles. The minimum absolute atomic E-state index is 0.00859. The molecule has 0 aromatic rings. The monoisotopic (exact) mass is 904 g/mol. The van der Waals surface area contributed by atoms with Gasteiger partial charge in [0.1, 0.15) is 0 Å². The molecule has 0 aliphatic rings. The number of allylic oxidation sites excluding steroid dienone is 2. The van der Waals surface area contributed by atoms with Gasteiger partial charge in [-0.2, -0.15) is 0 Å². The van der Waals surface area contributed by atoms with Crippen molar-refractivity contribution in [2.24, 2.45) is 0 Å². The highest BCUT2D eigenvalue weighted by Crippen LogP contribution is 2.17. The van der Waals surface area contributed by atoms with Gasteiger partial charge in [0.05, 0.1) is 25.4 Å². The number of carbonyl (C=O) groups is 2. The number of unbranched alkanes of at least 4 members (excludes halogenated alkanes) is 41. The smallest absolute Gasteiger partial charge is 0.305 e. The molecule has 6 nitrogen and oxygen atoms in total. The van der Waals surface area contributed by atoms with Crippen molar-refractivity contribution in [2.45, 2.75) is 334 Å². The van der Waals surface area contributed by atoms with Gasteiger partial charge < -0.3 is 20.3 Å². The van der Waals surface area contributed by atoms with E-state index in [1.165, 1.54) is 218 Å². The van der Waals surface area contributed by atoms with Crippen molar-refractivity contribution in [1.29, 1.82) is 0 Å². The maximum Gasteiger partial charge on any atom is 0.305 e. The third-order valence-electron chi connectivity index (χ3n) is 13.6. The first-order valence-electron chi connectivity index (χ1n) is 28.9. The molecule has 64 heavy (non-hydrogen) atoms. The number of amides is 1. The van der Waals surface area contributed by atoms with Gasteiger partial charge >= 0.3 is 5.97 Å². The average Bonchev–Trinajstić information content (AvgIpc) is 3.29. The van der Waals surface area contributed by atoms with Crippen molar-refractivity contribution in [2.75, 3.05) is 13.2 Å². The molecule has 6 heteroatoms. The number of ether oxygens (including phenoxy) is 1. The second-order valence-electron chi connectivity index (χ2n) is 20.0. The van der Waals surface area contributed by atoms with E-state index in [0.717, 1.165) is 70.6 Å². The van der Waals surface area contributed by atoms with Crippen LogP contribution in [0.25, 0.3) is 0 Å². The molecule has 0 rings (SSSR count). The van der Waals surface area contributed by atoms with Crippen LogP contribution in [0.3, 0.4) is 0 Å². The van der Waals surface area contributed by atoms with E-state index in [9.17, 15) is 19.8 Å². The second-order valence-corrected chi connectivity index (χ2v) is 20.0. The van der Waals surface area contributed by atoms with Crippen molar-refractivity contribution in [3.05, 3.63) is 12.2 Å². The van der Waals surface area contributed by atoms with Crippen LogP contribution in [0.5, 0.6) is 0 Å². The summed E-state index contributed by atoms with van der Waals surface area (Å²) in [6.07, 6.45) is 63.4. The Kier molecular flexibility index (Phi) is 53.0. The summed E-state index contributed by atoms with van der Waals surface area (Å²) in [5.74, 6) is -0.0555. The lowest BCUT2D eigenvalue weighted by atomic mass is 10.0. The zero-order chi connectivity index (χ0) is 46.5. The van der Waals surface area contributed by atoms with Gasteiger partial charge in [0.2, 0.25) is 5.91 Å². The SMILES string of the molecule is CCCCCCCCCCCCCCCCCCCCCCC(O)C(CO)NC(=O)CCCCCCCCC/C=C\CCCCCCOC(=O)CCCCCCCCCCCCCC. The molecule has 0 saturated heterocycles. The van der Waals surface area contributed by atoms with E-state index < -0.39 is 12.1 Å². The molecule has 2 unspecified atom stereocenters. The highest BCUT2D eigenvalue weighted by atomic mass is 16.5. The van der Waals surface area contributed by atoms with Gasteiger partial charge in [0.15, 0.2) is 0 Å². The predicted molar refractivity (Wildman–Crippen MR) is 278 cm³/mol. The minimum atomic E-state index is -0.674. The van der Waals surface area contributed by atoms with E-state index in [1.54, 1.807) is 0 Å².